The number of aryl methyl sites for hydroxylation is 2. The molecule has 0 aromatic carbocycles. The first-order valence-electron chi connectivity index (χ1n) is 4.44. The van der Waals surface area contributed by atoms with Crippen molar-refractivity contribution in [2.45, 2.75) is 13.8 Å². The highest BCUT2D eigenvalue weighted by Crippen LogP contribution is 2.18. The summed E-state index contributed by atoms with van der Waals surface area (Å²) in [6, 6.07) is 6.28. The van der Waals surface area contributed by atoms with E-state index in [9.17, 15) is 0 Å². The van der Waals surface area contributed by atoms with Gasteiger partial charge in [0.25, 0.3) is 0 Å². The van der Waals surface area contributed by atoms with Crippen LogP contribution in [-0.2, 0) is 0 Å². The molecule has 0 amide bonds. The first-order valence-corrected chi connectivity index (χ1v) is 5.23. The first kappa shape index (κ1) is 9.46. The lowest BCUT2D eigenvalue weighted by Crippen LogP contribution is -1.98. The minimum Gasteiger partial charge on any atom is -0.317 e. The van der Waals surface area contributed by atoms with Crippen molar-refractivity contribution in [3.05, 3.63) is 46.5 Å². The van der Waals surface area contributed by atoms with Gasteiger partial charge in [-0.2, -0.15) is 0 Å². The summed E-state index contributed by atoms with van der Waals surface area (Å²) in [5.74, 6) is 0. The molecule has 2 rings (SSSR count). The third kappa shape index (κ3) is 1.60. The zero-order valence-electron chi connectivity index (χ0n) is 8.16. The van der Waals surface area contributed by atoms with E-state index in [1.165, 1.54) is 11.4 Å². The third-order valence-corrected chi connectivity index (χ3v) is 2.65. The van der Waals surface area contributed by atoms with Crippen LogP contribution >= 0.6 is 15.9 Å². The molecule has 0 bridgehead atoms. The summed E-state index contributed by atoms with van der Waals surface area (Å²) in [5.41, 5.74) is 3.55. The van der Waals surface area contributed by atoms with Crippen LogP contribution in [0.4, 0.5) is 0 Å². The molecular weight excluding hydrogens is 240 g/mol. The van der Waals surface area contributed by atoms with Gasteiger partial charge in [-0.15, -0.1) is 0 Å². The van der Waals surface area contributed by atoms with Crippen molar-refractivity contribution in [1.29, 1.82) is 0 Å². The van der Waals surface area contributed by atoms with Gasteiger partial charge in [-0.25, -0.2) is 0 Å². The van der Waals surface area contributed by atoms with Crippen LogP contribution < -0.4 is 0 Å². The summed E-state index contributed by atoms with van der Waals surface area (Å²) in [7, 11) is 0. The van der Waals surface area contributed by atoms with Crippen LogP contribution in [-0.4, -0.2) is 9.55 Å². The van der Waals surface area contributed by atoms with Crippen molar-refractivity contribution >= 4 is 15.9 Å². The van der Waals surface area contributed by atoms with Gasteiger partial charge >= 0.3 is 0 Å². The average Bonchev–Trinajstić information content (AvgIpc) is 2.46. The lowest BCUT2D eigenvalue weighted by molar-refractivity contribution is 0.954. The van der Waals surface area contributed by atoms with Gasteiger partial charge in [-0.3, -0.25) is 4.98 Å². The molecule has 2 aromatic heterocycles. The van der Waals surface area contributed by atoms with Crippen LogP contribution in [0.3, 0.4) is 0 Å². The number of hydrogen-bond donors (Lipinski definition) is 0. The summed E-state index contributed by atoms with van der Waals surface area (Å²) < 4.78 is 3.18. The fraction of sp³-hybridized carbons (Fsp3) is 0.182. The van der Waals surface area contributed by atoms with E-state index in [0.717, 1.165) is 10.2 Å². The molecule has 2 aromatic rings. The maximum atomic E-state index is 4.15. The molecule has 3 heteroatoms. The van der Waals surface area contributed by atoms with Crippen molar-refractivity contribution in [1.82, 2.24) is 9.55 Å². The Morgan fingerprint density at radius 3 is 2.36 bits per heavy atom. The van der Waals surface area contributed by atoms with E-state index >= 15 is 0 Å². The van der Waals surface area contributed by atoms with Gasteiger partial charge in [0, 0.05) is 22.1 Å². The quantitative estimate of drug-likeness (QED) is 0.760. The molecule has 0 fully saturated rings. The van der Waals surface area contributed by atoms with E-state index in [0.29, 0.717) is 0 Å². The highest BCUT2D eigenvalue weighted by molar-refractivity contribution is 9.10. The number of halogens is 1. The van der Waals surface area contributed by atoms with E-state index in [1.54, 1.807) is 6.20 Å². The summed E-state index contributed by atoms with van der Waals surface area (Å²) in [4.78, 5) is 4.15. The predicted octanol–water partition coefficient (Wildman–Crippen LogP) is 3.25. The maximum Gasteiger partial charge on any atom is 0.0649 e. The SMILES string of the molecule is Cc1ccc(C)n1-c1cncc(Br)c1. The van der Waals surface area contributed by atoms with E-state index in [2.05, 4.69) is 57.5 Å². The van der Waals surface area contributed by atoms with Crippen molar-refractivity contribution in [3.8, 4) is 5.69 Å². The van der Waals surface area contributed by atoms with Crippen LogP contribution in [0.1, 0.15) is 11.4 Å². The monoisotopic (exact) mass is 250 g/mol. The zero-order chi connectivity index (χ0) is 10.1. The van der Waals surface area contributed by atoms with Gasteiger partial charge in [0.1, 0.15) is 0 Å². The van der Waals surface area contributed by atoms with Gasteiger partial charge in [-0.05, 0) is 48.0 Å². The third-order valence-electron chi connectivity index (χ3n) is 2.22. The Morgan fingerprint density at radius 1 is 1.14 bits per heavy atom. The smallest absolute Gasteiger partial charge is 0.0649 e. The Hall–Kier alpha value is -1.09. The highest BCUT2D eigenvalue weighted by Gasteiger charge is 2.03. The van der Waals surface area contributed by atoms with Crippen molar-refractivity contribution in [3.63, 3.8) is 0 Å². The van der Waals surface area contributed by atoms with Gasteiger partial charge in [0.2, 0.25) is 0 Å². The first-order chi connectivity index (χ1) is 6.68. The Morgan fingerprint density at radius 2 is 1.79 bits per heavy atom. The Balaban J connectivity index is 2.59. The molecule has 0 N–H and O–H groups in total. The number of hydrogen-bond acceptors (Lipinski definition) is 1. The lowest BCUT2D eigenvalue weighted by Gasteiger charge is -2.08. The van der Waals surface area contributed by atoms with Crippen LogP contribution in [0.15, 0.2) is 35.1 Å². The number of rotatable bonds is 1. The average molecular weight is 251 g/mol. The van der Waals surface area contributed by atoms with Gasteiger partial charge in [-0.1, -0.05) is 0 Å². The molecule has 0 aliphatic rings. The molecular formula is C11H11BrN2. The molecule has 0 aliphatic carbocycles. The normalized spacial score (nSPS) is 10.5. The van der Waals surface area contributed by atoms with E-state index < -0.39 is 0 Å². The molecule has 72 valence electrons. The highest BCUT2D eigenvalue weighted by atomic mass is 79.9. The van der Waals surface area contributed by atoms with Crippen molar-refractivity contribution in [2.75, 3.05) is 0 Å². The molecule has 0 atom stereocenters. The second kappa shape index (κ2) is 3.58. The summed E-state index contributed by atoms with van der Waals surface area (Å²) in [5, 5.41) is 0. The summed E-state index contributed by atoms with van der Waals surface area (Å²) in [6.07, 6.45) is 3.66. The number of aromatic nitrogens is 2. The lowest BCUT2D eigenvalue weighted by atomic mass is 10.4. The fourth-order valence-corrected chi connectivity index (χ4v) is 1.95. The van der Waals surface area contributed by atoms with Crippen molar-refractivity contribution in [2.24, 2.45) is 0 Å². The van der Waals surface area contributed by atoms with Crippen LogP contribution in [0.2, 0.25) is 0 Å². The van der Waals surface area contributed by atoms with E-state index in [-0.39, 0.29) is 0 Å². The molecule has 0 aliphatic heterocycles. The Kier molecular flexibility index (Phi) is 2.42. The molecule has 0 saturated heterocycles. The molecule has 0 spiro atoms. The van der Waals surface area contributed by atoms with Crippen LogP contribution in [0.5, 0.6) is 0 Å². The van der Waals surface area contributed by atoms with Crippen LogP contribution in [0, 0.1) is 13.8 Å². The predicted molar refractivity (Wildman–Crippen MR) is 60.7 cm³/mol. The second-order valence-corrected chi connectivity index (χ2v) is 4.23. The standard InChI is InChI=1S/C11H11BrN2/c1-8-3-4-9(2)14(8)11-5-10(12)6-13-7-11/h3-7H,1-2H3. The summed E-state index contributed by atoms with van der Waals surface area (Å²) >= 11 is 3.42. The van der Waals surface area contributed by atoms with Crippen molar-refractivity contribution < 1.29 is 0 Å². The molecule has 14 heavy (non-hydrogen) atoms. The van der Waals surface area contributed by atoms with E-state index in [1.807, 2.05) is 6.20 Å². The maximum absolute atomic E-state index is 4.15. The number of pyridine rings is 1. The van der Waals surface area contributed by atoms with Gasteiger partial charge in [0.15, 0.2) is 0 Å². The molecule has 0 saturated carbocycles. The minimum atomic E-state index is 1.00. The second-order valence-electron chi connectivity index (χ2n) is 3.31. The Bertz CT molecular complexity index is 441. The molecule has 0 radical (unpaired) electrons. The Labute approximate surface area is 91.7 Å². The fourth-order valence-electron chi connectivity index (χ4n) is 1.60. The molecule has 0 unspecified atom stereocenters. The number of nitrogens with zero attached hydrogens (tertiary/aromatic N) is 2. The van der Waals surface area contributed by atoms with Crippen LogP contribution in [0.25, 0.3) is 5.69 Å². The molecule has 2 nitrogen and oxygen atoms in total. The van der Waals surface area contributed by atoms with E-state index in [4.69, 9.17) is 0 Å². The minimum absolute atomic E-state index is 1.00. The molecule has 2 heterocycles. The zero-order valence-corrected chi connectivity index (χ0v) is 9.75. The summed E-state index contributed by atoms with van der Waals surface area (Å²) in [6.45, 7) is 4.18. The van der Waals surface area contributed by atoms with Gasteiger partial charge in [0.05, 0.1) is 11.9 Å². The topological polar surface area (TPSA) is 17.8 Å². The van der Waals surface area contributed by atoms with Gasteiger partial charge < -0.3 is 4.57 Å². The largest absolute Gasteiger partial charge is 0.317 e.